The van der Waals surface area contributed by atoms with E-state index in [4.69, 9.17) is 9.47 Å². The number of rotatable bonds is 3. The summed E-state index contributed by atoms with van der Waals surface area (Å²) in [5, 5.41) is 2.93. The largest absolute Gasteiger partial charge is 0.444 e. The van der Waals surface area contributed by atoms with Crippen LogP contribution in [-0.4, -0.2) is 72.9 Å². The molecule has 0 bridgehead atoms. The highest BCUT2D eigenvalue weighted by molar-refractivity contribution is 5.92. The number of hydrogen-bond acceptors (Lipinski definition) is 6. The molecule has 0 spiro atoms. The first-order chi connectivity index (χ1) is 12.8. The van der Waals surface area contributed by atoms with E-state index >= 15 is 0 Å². The summed E-state index contributed by atoms with van der Waals surface area (Å²) in [5.74, 6) is -0.174. The molecule has 3 rings (SSSR count). The van der Waals surface area contributed by atoms with Gasteiger partial charge < -0.3 is 24.6 Å². The van der Waals surface area contributed by atoms with E-state index in [2.05, 4.69) is 15.2 Å². The van der Waals surface area contributed by atoms with Gasteiger partial charge >= 0.3 is 6.09 Å². The van der Waals surface area contributed by atoms with Crippen LogP contribution in [0.25, 0.3) is 0 Å². The van der Waals surface area contributed by atoms with E-state index in [1.165, 1.54) is 0 Å². The SMILES string of the molecule is CC(C)(C)OC(=O)N1CCN(c2ccc(C(=O)N[C@@H]3CCOC3)nc2)CC1. The maximum absolute atomic E-state index is 12.2. The summed E-state index contributed by atoms with van der Waals surface area (Å²) in [6.45, 7) is 9.44. The van der Waals surface area contributed by atoms with Crippen LogP contribution in [0.4, 0.5) is 10.5 Å². The molecule has 148 valence electrons. The average Bonchev–Trinajstić information content (AvgIpc) is 3.13. The normalized spacial score (nSPS) is 20.5. The number of carbonyl (C=O) groups excluding carboxylic acids is 2. The lowest BCUT2D eigenvalue weighted by molar-refractivity contribution is 0.0240. The van der Waals surface area contributed by atoms with Crippen molar-refractivity contribution in [2.75, 3.05) is 44.3 Å². The molecule has 0 unspecified atom stereocenters. The predicted molar refractivity (Wildman–Crippen MR) is 101 cm³/mol. The lowest BCUT2D eigenvalue weighted by atomic mass is 10.2. The van der Waals surface area contributed by atoms with Crippen LogP contribution in [0.1, 0.15) is 37.7 Å². The molecule has 3 heterocycles. The number of nitrogens with zero attached hydrogens (tertiary/aromatic N) is 3. The summed E-state index contributed by atoms with van der Waals surface area (Å²) in [7, 11) is 0. The Balaban J connectivity index is 1.51. The molecule has 2 amide bonds. The van der Waals surface area contributed by atoms with Crippen molar-refractivity contribution in [3.63, 3.8) is 0 Å². The van der Waals surface area contributed by atoms with Gasteiger partial charge in [-0.3, -0.25) is 4.79 Å². The van der Waals surface area contributed by atoms with Crippen molar-refractivity contribution < 1.29 is 19.1 Å². The molecule has 1 aromatic heterocycles. The molecule has 2 saturated heterocycles. The molecule has 0 radical (unpaired) electrons. The fourth-order valence-electron chi connectivity index (χ4n) is 3.09. The highest BCUT2D eigenvalue weighted by Crippen LogP contribution is 2.18. The quantitative estimate of drug-likeness (QED) is 0.864. The minimum absolute atomic E-state index is 0.0694. The molecule has 1 N–H and O–H groups in total. The number of nitrogens with one attached hydrogen (secondary N) is 1. The molecule has 0 aliphatic carbocycles. The summed E-state index contributed by atoms with van der Waals surface area (Å²) in [6, 6.07) is 3.71. The van der Waals surface area contributed by atoms with Crippen LogP contribution in [0, 0.1) is 0 Å². The summed E-state index contributed by atoms with van der Waals surface area (Å²) in [6.07, 6.45) is 2.28. The Morgan fingerprint density at radius 3 is 2.52 bits per heavy atom. The summed E-state index contributed by atoms with van der Waals surface area (Å²) in [5.41, 5.74) is 0.858. The Labute approximate surface area is 159 Å². The van der Waals surface area contributed by atoms with Gasteiger partial charge in [0, 0.05) is 32.8 Å². The van der Waals surface area contributed by atoms with Gasteiger partial charge in [0.1, 0.15) is 11.3 Å². The van der Waals surface area contributed by atoms with Crippen LogP contribution in [0.3, 0.4) is 0 Å². The van der Waals surface area contributed by atoms with Crippen molar-refractivity contribution in [1.82, 2.24) is 15.2 Å². The molecule has 27 heavy (non-hydrogen) atoms. The van der Waals surface area contributed by atoms with E-state index < -0.39 is 5.60 Å². The van der Waals surface area contributed by atoms with Crippen molar-refractivity contribution >= 4 is 17.7 Å². The number of aromatic nitrogens is 1. The maximum atomic E-state index is 12.2. The van der Waals surface area contributed by atoms with Gasteiger partial charge in [0.05, 0.1) is 24.5 Å². The van der Waals surface area contributed by atoms with E-state index in [0.29, 0.717) is 45.1 Å². The minimum atomic E-state index is -0.487. The summed E-state index contributed by atoms with van der Waals surface area (Å²) >= 11 is 0. The molecule has 0 saturated carbocycles. The van der Waals surface area contributed by atoms with Gasteiger partial charge in [0.2, 0.25) is 0 Å². The third-order valence-electron chi connectivity index (χ3n) is 4.54. The fraction of sp³-hybridized carbons (Fsp3) is 0.632. The predicted octanol–water partition coefficient (Wildman–Crippen LogP) is 1.66. The van der Waals surface area contributed by atoms with Crippen molar-refractivity contribution in [2.45, 2.75) is 38.8 Å². The van der Waals surface area contributed by atoms with Gasteiger partial charge in [-0.15, -0.1) is 0 Å². The monoisotopic (exact) mass is 376 g/mol. The third kappa shape index (κ3) is 5.32. The molecule has 0 aromatic carbocycles. The number of ether oxygens (including phenoxy) is 2. The second-order valence-electron chi connectivity index (χ2n) is 7.89. The zero-order valence-electron chi connectivity index (χ0n) is 16.2. The highest BCUT2D eigenvalue weighted by Gasteiger charge is 2.26. The topological polar surface area (TPSA) is 84.0 Å². The zero-order chi connectivity index (χ0) is 19.4. The van der Waals surface area contributed by atoms with Crippen molar-refractivity contribution in [2.24, 2.45) is 0 Å². The van der Waals surface area contributed by atoms with Crippen molar-refractivity contribution in [3.05, 3.63) is 24.0 Å². The average molecular weight is 376 g/mol. The fourth-order valence-corrected chi connectivity index (χ4v) is 3.09. The minimum Gasteiger partial charge on any atom is -0.444 e. The van der Waals surface area contributed by atoms with Crippen LogP contribution >= 0.6 is 0 Å². The molecule has 2 aliphatic rings. The Morgan fingerprint density at radius 2 is 1.96 bits per heavy atom. The van der Waals surface area contributed by atoms with E-state index in [1.54, 1.807) is 17.2 Å². The zero-order valence-corrected chi connectivity index (χ0v) is 16.2. The van der Waals surface area contributed by atoms with E-state index in [-0.39, 0.29) is 18.0 Å². The standard InChI is InChI=1S/C19H28N4O4/c1-19(2,3)27-18(25)23-9-7-22(8-10-23)15-4-5-16(20-12-15)17(24)21-14-6-11-26-13-14/h4-5,12,14H,6-11,13H2,1-3H3,(H,21,24)/t14-/m1/s1. The van der Waals surface area contributed by atoms with Gasteiger partial charge in [-0.2, -0.15) is 0 Å². The van der Waals surface area contributed by atoms with Gasteiger partial charge in [0.25, 0.3) is 5.91 Å². The molecule has 8 heteroatoms. The number of pyridine rings is 1. The van der Waals surface area contributed by atoms with Crippen LogP contribution in [0.15, 0.2) is 18.3 Å². The van der Waals surface area contributed by atoms with Crippen LogP contribution in [0.2, 0.25) is 0 Å². The second kappa shape index (κ2) is 8.12. The van der Waals surface area contributed by atoms with Crippen molar-refractivity contribution in [3.8, 4) is 0 Å². The van der Waals surface area contributed by atoms with Gasteiger partial charge in [0.15, 0.2) is 0 Å². The number of carbonyl (C=O) groups is 2. The Morgan fingerprint density at radius 1 is 1.22 bits per heavy atom. The molecule has 1 aromatic rings. The van der Waals surface area contributed by atoms with Crippen LogP contribution < -0.4 is 10.2 Å². The Hall–Kier alpha value is -2.35. The summed E-state index contributed by atoms with van der Waals surface area (Å²) in [4.78, 5) is 32.5. The Kier molecular flexibility index (Phi) is 5.84. The number of anilines is 1. The lowest BCUT2D eigenvalue weighted by Gasteiger charge is -2.36. The van der Waals surface area contributed by atoms with E-state index in [9.17, 15) is 9.59 Å². The van der Waals surface area contributed by atoms with Crippen LogP contribution in [-0.2, 0) is 9.47 Å². The smallest absolute Gasteiger partial charge is 0.410 e. The first-order valence-electron chi connectivity index (χ1n) is 9.39. The lowest BCUT2D eigenvalue weighted by Crippen LogP contribution is -2.50. The maximum Gasteiger partial charge on any atom is 0.410 e. The number of hydrogen-bond donors (Lipinski definition) is 1. The molecule has 1 atom stereocenters. The first-order valence-corrected chi connectivity index (χ1v) is 9.39. The number of amides is 2. The molecule has 8 nitrogen and oxygen atoms in total. The Bertz CT molecular complexity index is 657. The summed E-state index contributed by atoms with van der Waals surface area (Å²) < 4.78 is 10.7. The molecular weight excluding hydrogens is 348 g/mol. The second-order valence-corrected chi connectivity index (χ2v) is 7.89. The van der Waals surface area contributed by atoms with Gasteiger partial charge in [-0.25, -0.2) is 9.78 Å². The highest BCUT2D eigenvalue weighted by atomic mass is 16.6. The molecular formula is C19H28N4O4. The van der Waals surface area contributed by atoms with Gasteiger partial charge in [-0.05, 0) is 39.3 Å². The van der Waals surface area contributed by atoms with Crippen molar-refractivity contribution in [1.29, 1.82) is 0 Å². The first kappa shape index (κ1) is 19.4. The molecule has 2 aliphatic heterocycles. The third-order valence-corrected chi connectivity index (χ3v) is 4.54. The van der Waals surface area contributed by atoms with Crippen LogP contribution in [0.5, 0.6) is 0 Å². The molecule has 2 fully saturated rings. The van der Waals surface area contributed by atoms with Gasteiger partial charge in [-0.1, -0.05) is 0 Å². The van der Waals surface area contributed by atoms with E-state index in [0.717, 1.165) is 12.1 Å². The van der Waals surface area contributed by atoms with E-state index in [1.807, 2.05) is 26.8 Å². The number of piperazine rings is 1.